The van der Waals surface area contributed by atoms with Gasteiger partial charge in [-0.2, -0.15) is 0 Å². The summed E-state index contributed by atoms with van der Waals surface area (Å²) in [6.45, 7) is 6.62. The first-order valence-electron chi connectivity index (χ1n) is 7.95. The second-order valence-corrected chi connectivity index (χ2v) is 6.59. The minimum atomic E-state index is -0.332. The second-order valence-electron chi connectivity index (χ2n) is 6.59. The van der Waals surface area contributed by atoms with Crippen LogP contribution in [0.5, 0.6) is 11.5 Å². The van der Waals surface area contributed by atoms with Gasteiger partial charge in [0.1, 0.15) is 0 Å². The van der Waals surface area contributed by atoms with Crippen LogP contribution in [0.1, 0.15) is 36.7 Å². The van der Waals surface area contributed by atoms with Crippen LogP contribution in [0.3, 0.4) is 0 Å². The van der Waals surface area contributed by atoms with Crippen molar-refractivity contribution in [1.29, 1.82) is 0 Å². The topological polar surface area (TPSA) is 38.8 Å². The summed E-state index contributed by atoms with van der Waals surface area (Å²) in [7, 11) is 3.12. The molecule has 0 aromatic heterocycles. The summed E-state index contributed by atoms with van der Waals surface area (Å²) in [5.74, 6) is 0.936. The van der Waals surface area contributed by atoms with Gasteiger partial charge in [-0.25, -0.2) is 0 Å². The molecule has 24 heavy (non-hydrogen) atoms. The molecular weight excluding hydrogens is 302 g/mol. The SMILES string of the molecule is COc1cccc(C(=O)N(Cc2ccccc2)C(C)(C)C)c1OC. The Bertz CT molecular complexity index is 690. The molecule has 0 fully saturated rings. The Morgan fingerprint density at radius 3 is 2.17 bits per heavy atom. The van der Waals surface area contributed by atoms with Crippen molar-refractivity contribution >= 4 is 5.91 Å². The lowest BCUT2D eigenvalue weighted by atomic mass is 10.0. The van der Waals surface area contributed by atoms with E-state index in [9.17, 15) is 4.79 Å². The lowest BCUT2D eigenvalue weighted by Crippen LogP contribution is -2.45. The molecule has 4 nitrogen and oxygen atoms in total. The molecule has 0 unspecified atom stereocenters. The third kappa shape index (κ3) is 3.88. The van der Waals surface area contributed by atoms with Gasteiger partial charge in [-0.3, -0.25) is 4.79 Å². The molecule has 1 amide bonds. The molecule has 128 valence electrons. The van der Waals surface area contributed by atoms with Crippen molar-refractivity contribution in [3.8, 4) is 11.5 Å². The highest BCUT2D eigenvalue weighted by Crippen LogP contribution is 2.33. The number of carbonyl (C=O) groups is 1. The maximum Gasteiger partial charge on any atom is 0.258 e. The van der Waals surface area contributed by atoms with Gasteiger partial charge in [0.2, 0.25) is 0 Å². The highest BCUT2D eigenvalue weighted by molar-refractivity contribution is 5.98. The second kappa shape index (κ2) is 7.39. The molecule has 2 aromatic carbocycles. The van der Waals surface area contributed by atoms with E-state index in [1.807, 2.05) is 56.0 Å². The van der Waals surface area contributed by atoms with Gasteiger partial charge in [-0.05, 0) is 38.5 Å². The van der Waals surface area contributed by atoms with E-state index in [0.29, 0.717) is 23.6 Å². The van der Waals surface area contributed by atoms with Gasteiger partial charge < -0.3 is 14.4 Å². The van der Waals surface area contributed by atoms with Crippen LogP contribution in [0.2, 0.25) is 0 Å². The molecule has 4 heteroatoms. The number of hydrogen-bond donors (Lipinski definition) is 0. The standard InChI is InChI=1S/C20H25NO3/c1-20(2,3)21(14-15-10-7-6-8-11-15)19(22)16-12-9-13-17(23-4)18(16)24-5/h6-13H,14H2,1-5H3. The summed E-state index contributed by atoms with van der Waals surface area (Å²) in [6.07, 6.45) is 0. The van der Waals surface area contributed by atoms with Crippen LogP contribution in [0.4, 0.5) is 0 Å². The predicted molar refractivity (Wildman–Crippen MR) is 95.6 cm³/mol. The summed E-state index contributed by atoms with van der Waals surface area (Å²) >= 11 is 0. The summed E-state index contributed by atoms with van der Waals surface area (Å²) in [4.78, 5) is 15.1. The third-order valence-corrected chi connectivity index (χ3v) is 3.87. The maximum absolute atomic E-state index is 13.2. The molecule has 0 bridgehead atoms. The van der Waals surface area contributed by atoms with Gasteiger partial charge >= 0.3 is 0 Å². The summed E-state index contributed by atoms with van der Waals surface area (Å²) in [6, 6.07) is 15.3. The van der Waals surface area contributed by atoms with Crippen LogP contribution < -0.4 is 9.47 Å². The number of carbonyl (C=O) groups excluding carboxylic acids is 1. The molecule has 0 spiro atoms. The largest absolute Gasteiger partial charge is 0.493 e. The molecule has 0 heterocycles. The van der Waals surface area contributed by atoms with E-state index in [4.69, 9.17) is 9.47 Å². The zero-order valence-electron chi connectivity index (χ0n) is 15.0. The number of benzene rings is 2. The Hall–Kier alpha value is -2.49. The van der Waals surface area contributed by atoms with E-state index in [-0.39, 0.29) is 11.4 Å². The molecule has 0 aliphatic heterocycles. The first-order chi connectivity index (χ1) is 11.4. The average Bonchev–Trinajstić information content (AvgIpc) is 2.58. The third-order valence-electron chi connectivity index (χ3n) is 3.87. The van der Waals surface area contributed by atoms with Crippen LogP contribution in [0.25, 0.3) is 0 Å². The van der Waals surface area contributed by atoms with E-state index in [1.54, 1.807) is 32.4 Å². The lowest BCUT2D eigenvalue weighted by Gasteiger charge is -2.36. The van der Waals surface area contributed by atoms with Crippen LogP contribution in [-0.4, -0.2) is 30.6 Å². The monoisotopic (exact) mass is 327 g/mol. The van der Waals surface area contributed by atoms with Gasteiger partial charge in [0, 0.05) is 12.1 Å². The Labute approximate surface area is 144 Å². The van der Waals surface area contributed by atoms with Gasteiger partial charge in [0.15, 0.2) is 11.5 Å². The molecular formula is C20H25NO3. The van der Waals surface area contributed by atoms with Crippen molar-refractivity contribution in [3.63, 3.8) is 0 Å². The molecule has 0 aliphatic carbocycles. The summed E-state index contributed by atoms with van der Waals surface area (Å²) in [5.41, 5.74) is 1.26. The highest BCUT2D eigenvalue weighted by Gasteiger charge is 2.30. The first kappa shape index (κ1) is 17.9. The number of rotatable bonds is 5. The molecule has 0 saturated carbocycles. The van der Waals surface area contributed by atoms with Gasteiger partial charge in [0.25, 0.3) is 5.91 Å². The quantitative estimate of drug-likeness (QED) is 0.828. The molecule has 0 saturated heterocycles. The fourth-order valence-electron chi connectivity index (χ4n) is 2.58. The van der Waals surface area contributed by atoms with Gasteiger partial charge in [0.05, 0.1) is 19.8 Å². The Morgan fingerprint density at radius 1 is 0.958 bits per heavy atom. The molecule has 2 aromatic rings. The number of nitrogens with zero attached hydrogens (tertiary/aromatic N) is 1. The minimum absolute atomic E-state index is 0.0814. The minimum Gasteiger partial charge on any atom is -0.493 e. The van der Waals surface area contributed by atoms with Crippen LogP contribution in [0.15, 0.2) is 48.5 Å². The van der Waals surface area contributed by atoms with Crippen molar-refractivity contribution < 1.29 is 14.3 Å². The Balaban J connectivity index is 2.42. The molecule has 2 rings (SSSR count). The summed E-state index contributed by atoms with van der Waals surface area (Å²) < 4.78 is 10.7. The van der Waals surface area contributed by atoms with Crippen molar-refractivity contribution in [1.82, 2.24) is 4.90 Å². The number of methoxy groups -OCH3 is 2. The van der Waals surface area contributed by atoms with Gasteiger partial charge in [-0.1, -0.05) is 36.4 Å². The van der Waals surface area contributed by atoms with E-state index < -0.39 is 0 Å². The molecule has 0 N–H and O–H groups in total. The summed E-state index contributed by atoms with van der Waals surface area (Å²) in [5, 5.41) is 0. The van der Waals surface area contributed by atoms with E-state index in [1.165, 1.54) is 0 Å². The lowest BCUT2D eigenvalue weighted by molar-refractivity contribution is 0.0555. The number of ether oxygens (including phenoxy) is 2. The Morgan fingerprint density at radius 2 is 1.62 bits per heavy atom. The Kier molecular flexibility index (Phi) is 5.50. The normalized spacial score (nSPS) is 11.0. The number of hydrogen-bond acceptors (Lipinski definition) is 3. The van der Waals surface area contributed by atoms with Crippen LogP contribution in [-0.2, 0) is 6.54 Å². The van der Waals surface area contributed by atoms with Crippen LogP contribution in [0, 0.1) is 0 Å². The molecule has 0 radical (unpaired) electrons. The number of amides is 1. The van der Waals surface area contributed by atoms with Crippen molar-refractivity contribution in [2.75, 3.05) is 14.2 Å². The van der Waals surface area contributed by atoms with Crippen molar-refractivity contribution in [2.45, 2.75) is 32.9 Å². The van der Waals surface area contributed by atoms with E-state index >= 15 is 0 Å². The van der Waals surface area contributed by atoms with Crippen molar-refractivity contribution in [3.05, 3.63) is 59.7 Å². The van der Waals surface area contributed by atoms with Crippen molar-refractivity contribution in [2.24, 2.45) is 0 Å². The fourth-order valence-corrected chi connectivity index (χ4v) is 2.58. The molecule has 0 atom stereocenters. The zero-order valence-corrected chi connectivity index (χ0v) is 15.0. The van der Waals surface area contributed by atoms with Gasteiger partial charge in [-0.15, -0.1) is 0 Å². The number of para-hydroxylation sites is 1. The van der Waals surface area contributed by atoms with E-state index in [2.05, 4.69) is 0 Å². The zero-order chi connectivity index (χ0) is 17.7. The predicted octanol–water partition coefficient (Wildman–Crippen LogP) is 4.14. The van der Waals surface area contributed by atoms with Crippen LogP contribution >= 0.6 is 0 Å². The fraction of sp³-hybridized carbons (Fsp3) is 0.350. The average molecular weight is 327 g/mol. The molecule has 0 aliphatic rings. The smallest absolute Gasteiger partial charge is 0.258 e. The van der Waals surface area contributed by atoms with E-state index in [0.717, 1.165) is 5.56 Å². The highest BCUT2D eigenvalue weighted by atomic mass is 16.5. The first-order valence-corrected chi connectivity index (χ1v) is 7.95. The maximum atomic E-state index is 13.2.